The van der Waals surface area contributed by atoms with Gasteiger partial charge in [0.2, 0.25) is 5.75 Å². The van der Waals surface area contributed by atoms with Crippen molar-refractivity contribution in [1.29, 1.82) is 0 Å². The average Bonchev–Trinajstić information content (AvgIpc) is 3.42. The first kappa shape index (κ1) is 27.2. The monoisotopic (exact) mass is 596 g/mol. The molecule has 0 saturated carbocycles. The summed E-state index contributed by atoms with van der Waals surface area (Å²) >= 11 is 3.20. The lowest BCUT2D eigenvalue weighted by atomic mass is 9.96. The van der Waals surface area contributed by atoms with E-state index in [4.69, 9.17) is 4.74 Å². The molecule has 0 spiro atoms. The fourth-order valence-corrected chi connectivity index (χ4v) is 4.38. The lowest BCUT2D eigenvalue weighted by Crippen LogP contribution is -2.10. The number of ether oxygens (including phenoxy) is 1. The second-order valence-electron chi connectivity index (χ2n) is 8.43. The first-order valence-electron chi connectivity index (χ1n) is 11.3. The standard InChI is InChI=1S/C24H21BrF4N6O3/c1-4-34-12-15(22(32-34)24(27,28)29)7-14-11-33(3)31-21(14)18-6-5-17(26)9-19(18)13(2)38-20-8-16(25)10-30-23(20)35(36)37/h5-6,8-13H,4,7H2,1-3H3/t13-/m1/s1. The fraction of sp³-hybridized carbons (Fsp3) is 0.292. The number of aromatic nitrogens is 5. The van der Waals surface area contributed by atoms with Gasteiger partial charge in [0.15, 0.2) is 11.9 Å². The molecule has 0 radical (unpaired) electrons. The molecule has 4 rings (SSSR count). The Bertz CT molecular complexity index is 1500. The topological polar surface area (TPSA) is 101 Å². The molecule has 0 amide bonds. The number of halogens is 5. The Morgan fingerprint density at radius 2 is 1.92 bits per heavy atom. The summed E-state index contributed by atoms with van der Waals surface area (Å²) in [6, 6.07) is 5.22. The first-order chi connectivity index (χ1) is 17.9. The van der Waals surface area contributed by atoms with Crippen LogP contribution in [0.25, 0.3) is 11.3 Å². The Labute approximate surface area is 222 Å². The van der Waals surface area contributed by atoms with Gasteiger partial charge in [-0.3, -0.25) is 9.36 Å². The van der Waals surface area contributed by atoms with Gasteiger partial charge in [0.05, 0.1) is 10.2 Å². The number of hydrogen-bond acceptors (Lipinski definition) is 6. The number of hydrogen-bond donors (Lipinski definition) is 0. The van der Waals surface area contributed by atoms with Crippen molar-refractivity contribution in [3.05, 3.63) is 85.6 Å². The average molecular weight is 597 g/mol. The summed E-state index contributed by atoms with van der Waals surface area (Å²) in [5.74, 6) is -1.26. The van der Waals surface area contributed by atoms with E-state index in [9.17, 15) is 27.7 Å². The van der Waals surface area contributed by atoms with Gasteiger partial charge in [0, 0.05) is 60.7 Å². The summed E-state index contributed by atoms with van der Waals surface area (Å²) < 4.78 is 64.3. The van der Waals surface area contributed by atoms with Gasteiger partial charge in [0.1, 0.15) is 11.9 Å². The molecule has 0 unspecified atom stereocenters. The molecule has 200 valence electrons. The van der Waals surface area contributed by atoms with E-state index >= 15 is 0 Å². The SMILES string of the molecule is CCn1cc(Cc2cn(C)nc2-c2ccc(F)cc2[C@@H](C)Oc2cc(Br)cnc2[N+](=O)[O-])c(C(F)(F)F)n1. The van der Waals surface area contributed by atoms with Crippen LogP contribution in [0.5, 0.6) is 5.75 Å². The van der Waals surface area contributed by atoms with Crippen molar-refractivity contribution in [3.63, 3.8) is 0 Å². The molecule has 0 bridgehead atoms. The van der Waals surface area contributed by atoms with Crippen LogP contribution in [0, 0.1) is 15.9 Å². The third-order valence-corrected chi connectivity index (χ3v) is 6.13. The van der Waals surface area contributed by atoms with Gasteiger partial charge < -0.3 is 14.9 Å². The van der Waals surface area contributed by atoms with Gasteiger partial charge in [-0.2, -0.15) is 23.4 Å². The zero-order valence-electron chi connectivity index (χ0n) is 20.3. The molecule has 1 atom stereocenters. The summed E-state index contributed by atoms with van der Waals surface area (Å²) in [7, 11) is 1.62. The van der Waals surface area contributed by atoms with Crippen molar-refractivity contribution >= 4 is 21.7 Å². The number of nitro groups is 1. The first-order valence-corrected chi connectivity index (χ1v) is 12.1. The molecular weight excluding hydrogens is 576 g/mol. The molecule has 0 N–H and O–H groups in total. The van der Waals surface area contributed by atoms with E-state index in [1.54, 1.807) is 27.1 Å². The fourth-order valence-electron chi connectivity index (χ4n) is 4.07. The predicted molar refractivity (Wildman–Crippen MR) is 132 cm³/mol. The van der Waals surface area contributed by atoms with E-state index < -0.39 is 34.5 Å². The molecule has 3 heterocycles. The van der Waals surface area contributed by atoms with Gasteiger partial charge in [0.25, 0.3) is 0 Å². The van der Waals surface area contributed by atoms with E-state index in [1.807, 2.05) is 0 Å². The smallest absolute Gasteiger partial charge is 0.435 e. The number of aryl methyl sites for hydroxylation is 2. The minimum Gasteiger partial charge on any atom is -0.478 e. The molecule has 9 nitrogen and oxygen atoms in total. The number of rotatable bonds is 8. The van der Waals surface area contributed by atoms with Crippen molar-refractivity contribution in [3.8, 4) is 17.0 Å². The number of alkyl halides is 3. The van der Waals surface area contributed by atoms with Crippen LogP contribution in [0.2, 0.25) is 0 Å². The van der Waals surface area contributed by atoms with Crippen LogP contribution < -0.4 is 4.74 Å². The predicted octanol–water partition coefficient (Wildman–Crippen LogP) is 6.26. The van der Waals surface area contributed by atoms with Crippen molar-refractivity contribution in [2.45, 2.75) is 39.1 Å². The molecule has 14 heteroatoms. The highest BCUT2D eigenvalue weighted by Gasteiger charge is 2.37. The van der Waals surface area contributed by atoms with Crippen LogP contribution in [0.15, 0.2) is 47.3 Å². The van der Waals surface area contributed by atoms with Crippen LogP contribution in [-0.2, 0) is 26.2 Å². The maximum atomic E-state index is 14.4. The summed E-state index contributed by atoms with van der Waals surface area (Å²) in [5.41, 5.74) is 0.439. The number of pyridine rings is 1. The van der Waals surface area contributed by atoms with E-state index in [0.717, 1.165) is 0 Å². The van der Waals surface area contributed by atoms with Crippen LogP contribution in [-0.4, -0.2) is 29.5 Å². The second kappa shape index (κ2) is 10.5. The third kappa shape index (κ3) is 5.69. The van der Waals surface area contributed by atoms with Crippen molar-refractivity contribution in [2.24, 2.45) is 7.05 Å². The normalized spacial score (nSPS) is 12.5. The largest absolute Gasteiger partial charge is 0.478 e. The van der Waals surface area contributed by atoms with Crippen LogP contribution in [0.3, 0.4) is 0 Å². The molecular formula is C24H21BrF4N6O3. The van der Waals surface area contributed by atoms with Crippen molar-refractivity contribution in [2.75, 3.05) is 0 Å². The Morgan fingerprint density at radius 1 is 1.18 bits per heavy atom. The summed E-state index contributed by atoms with van der Waals surface area (Å²) in [6.07, 6.45) is -1.52. The molecule has 0 aliphatic heterocycles. The quantitative estimate of drug-likeness (QED) is 0.135. The highest BCUT2D eigenvalue weighted by Crippen LogP contribution is 2.37. The third-order valence-electron chi connectivity index (χ3n) is 5.70. The molecule has 0 aliphatic carbocycles. The Kier molecular flexibility index (Phi) is 7.54. The van der Waals surface area contributed by atoms with E-state index in [1.165, 1.54) is 46.0 Å². The van der Waals surface area contributed by atoms with Crippen LogP contribution in [0.1, 0.15) is 42.3 Å². The van der Waals surface area contributed by atoms with Gasteiger partial charge in [-0.1, -0.05) is 0 Å². The summed E-state index contributed by atoms with van der Waals surface area (Å²) in [4.78, 5) is 14.5. The summed E-state index contributed by atoms with van der Waals surface area (Å²) in [5, 5.41) is 19.5. The lowest BCUT2D eigenvalue weighted by Gasteiger charge is -2.18. The van der Waals surface area contributed by atoms with Crippen LogP contribution in [0.4, 0.5) is 23.4 Å². The van der Waals surface area contributed by atoms with E-state index in [-0.39, 0.29) is 24.3 Å². The number of benzene rings is 1. The summed E-state index contributed by atoms with van der Waals surface area (Å²) in [6.45, 7) is 3.51. The number of nitrogens with zero attached hydrogens (tertiary/aromatic N) is 6. The Morgan fingerprint density at radius 3 is 2.58 bits per heavy atom. The van der Waals surface area contributed by atoms with Gasteiger partial charge in [-0.15, -0.1) is 0 Å². The molecule has 38 heavy (non-hydrogen) atoms. The zero-order chi connectivity index (χ0) is 27.8. The van der Waals surface area contributed by atoms with Gasteiger partial charge in [-0.25, -0.2) is 4.39 Å². The molecule has 0 aliphatic rings. The zero-order valence-corrected chi connectivity index (χ0v) is 21.9. The Hall–Kier alpha value is -3.81. The van der Waals surface area contributed by atoms with Crippen LogP contribution >= 0.6 is 15.9 Å². The molecule has 0 fully saturated rings. The minimum atomic E-state index is -4.64. The molecule has 1 aromatic carbocycles. The molecule has 3 aromatic heterocycles. The van der Waals surface area contributed by atoms with Crippen molar-refractivity contribution < 1.29 is 27.2 Å². The second-order valence-corrected chi connectivity index (χ2v) is 9.35. The van der Waals surface area contributed by atoms with E-state index in [0.29, 0.717) is 26.9 Å². The van der Waals surface area contributed by atoms with Gasteiger partial charge >= 0.3 is 12.0 Å². The van der Waals surface area contributed by atoms with E-state index in [2.05, 4.69) is 31.1 Å². The maximum absolute atomic E-state index is 14.4. The maximum Gasteiger partial charge on any atom is 0.435 e. The lowest BCUT2D eigenvalue weighted by molar-refractivity contribution is -0.390. The molecule has 4 aromatic rings. The molecule has 0 saturated heterocycles. The van der Waals surface area contributed by atoms with Gasteiger partial charge in [-0.05, 0) is 57.9 Å². The van der Waals surface area contributed by atoms with Crippen molar-refractivity contribution in [1.82, 2.24) is 24.5 Å². The highest BCUT2D eigenvalue weighted by molar-refractivity contribution is 9.10. The minimum absolute atomic E-state index is 0.0302. The highest BCUT2D eigenvalue weighted by atomic mass is 79.9. The Balaban J connectivity index is 1.77.